The van der Waals surface area contributed by atoms with Crippen molar-refractivity contribution in [1.29, 1.82) is 0 Å². The first-order chi connectivity index (χ1) is 12.2. The maximum Gasteiger partial charge on any atom is 0.140 e. The third-order valence-corrected chi connectivity index (χ3v) is 4.78. The summed E-state index contributed by atoms with van der Waals surface area (Å²) in [5, 5.41) is 0.362. The summed E-state index contributed by atoms with van der Waals surface area (Å²) in [6.07, 6.45) is 8.16. The summed E-state index contributed by atoms with van der Waals surface area (Å²) in [5.41, 5.74) is 1.90. The van der Waals surface area contributed by atoms with E-state index in [1.165, 1.54) is 17.7 Å². The minimum absolute atomic E-state index is 0.146. The largest absolute Gasteiger partial charge is 0.379 e. The van der Waals surface area contributed by atoms with Crippen molar-refractivity contribution in [2.24, 2.45) is 5.92 Å². The topological polar surface area (TPSA) is 39.9 Å². The van der Waals surface area contributed by atoms with Gasteiger partial charge in [0.05, 0.1) is 19.3 Å². The number of halogens is 2. The van der Waals surface area contributed by atoms with Crippen LogP contribution in [0.4, 0.5) is 4.39 Å². The van der Waals surface area contributed by atoms with Crippen LogP contribution in [-0.2, 0) is 11.2 Å². The molecule has 0 bridgehead atoms. The monoisotopic (exact) mass is 357 g/mol. The normalized spacial score (nSPS) is 20.1. The highest BCUT2D eigenvalue weighted by Gasteiger charge is 2.31. The number of hydrogen-bond acceptors (Lipinski definition) is 3. The molecule has 1 aromatic carbocycles. The summed E-state index contributed by atoms with van der Waals surface area (Å²) in [7, 11) is 0. The van der Waals surface area contributed by atoms with E-state index < -0.39 is 0 Å². The van der Waals surface area contributed by atoms with Gasteiger partial charge >= 0.3 is 0 Å². The minimum atomic E-state index is -0.368. The van der Waals surface area contributed by atoms with Crippen molar-refractivity contribution in [3.8, 4) is 11.4 Å². The van der Waals surface area contributed by atoms with Crippen LogP contribution in [0.2, 0.25) is 5.02 Å². The summed E-state index contributed by atoms with van der Waals surface area (Å²) < 4.78 is 21.6. The number of nitrogens with zero attached hydrogens (tertiary/aromatic N) is 3. The third-order valence-electron chi connectivity index (χ3n) is 4.56. The first-order valence-electron chi connectivity index (χ1n) is 8.16. The number of ether oxygens (including phenoxy) is 1. The fraction of sp³-hybridized carbons (Fsp3) is 0.263. The van der Waals surface area contributed by atoms with Crippen LogP contribution in [0.5, 0.6) is 0 Å². The molecule has 0 amide bonds. The van der Waals surface area contributed by atoms with E-state index in [0.29, 0.717) is 35.5 Å². The molecule has 1 fully saturated rings. The molecule has 2 aromatic heterocycles. The number of benzene rings is 1. The van der Waals surface area contributed by atoms with Crippen LogP contribution in [0, 0.1) is 11.7 Å². The van der Waals surface area contributed by atoms with E-state index in [2.05, 4.69) is 14.5 Å². The lowest BCUT2D eigenvalue weighted by Crippen LogP contribution is -2.20. The first kappa shape index (κ1) is 16.2. The van der Waals surface area contributed by atoms with Crippen LogP contribution in [0.1, 0.15) is 11.6 Å². The Balaban J connectivity index is 1.64. The molecule has 0 spiro atoms. The van der Waals surface area contributed by atoms with Gasteiger partial charge in [-0.2, -0.15) is 0 Å². The Morgan fingerprint density at radius 1 is 1.16 bits per heavy atom. The zero-order chi connectivity index (χ0) is 17.2. The summed E-state index contributed by atoms with van der Waals surface area (Å²) >= 11 is 6.01. The Kier molecular flexibility index (Phi) is 4.51. The molecule has 6 heteroatoms. The molecule has 0 radical (unpaired) electrons. The van der Waals surface area contributed by atoms with Gasteiger partial charge in [0, 0.05) is 41.3 Å². The van der Waals surface area contributed by atoms with Crippen LogP contribution < -0.4 is 0 Å². The maximum atomic E-state index is 13.7. The van der Waals surface area contributed by atoms with E-state index >= 15 is 0 Å². The van der Waals surface area contributed by atoms with Gasteiger partial charge in [-0.05, 0) is 42.3 Å². The molecule has 2 atom stereocenters. The summed E-state index contributed by atoms with van der Waals surface area (Å²) in [6.45, 7) is 1.30. The van der Waals surface area contributed by atoms with Gasteiger partial charge in [-0.15, -0.1) is 0 Å². The van der Waals surface area contributed by atoms with Crippen molar-refractivity contribution in [2.75, 3.05) is 13.2 Å². The van der Waals surface area contributed by atoms with E-state index in [-0.39, 0.29) is 11.9 Å². The summed E-state index contributed by atoms with van der Waals surface area (Å²) in [6, 6.07) is 8.68. The Morgan fingerprint density at radius 2 is 2.00 bits per heavy atom. The lowest BCUT2D eigenvalue weighted by atomic mass is 9.95. The molecule has 0 saturated carbocycles. The van der Waals surface area contributed by atoms with Crippen LogP contribution in [0.3, 0.4) is 0 Å². The van der Waals surface area contributed by atoms with E-state index in [1.54, 1.807) is 24.7 Å². The molecule has 25 heavy (non-hydrogen) atoms. The van der Waals surface area contributed by atoms with Gasteiger partial charge in [0.1, 0.15) is 11.6 Å². The standard InChI is InChI=1S/C19H17ClFN3O/c20-16-8-14(9-17(21)10-16)19-23-5-6-24(19)18-12-25-11-15(18)7-13-1-3-22-4-2-13/h1-6,8-10,15,18H,7,11-12H2/t15-,18-/m1/s1. The average molecular weight is 358 g/mol. The molecule has 0 N–H and O–H groups in total. The Labute approximate surface area is 150 Å². The SMILES string of the molecule is Fc1cc(Cl)cc(-c2nccn2[C@@H]2COC[C@H]2Cc2ccncc2)c1. The fourth-order valence-corrected chi connectivity index (χ4v) is 3.62. The minimum Gasteiger partial charge on any atom is -0.379 e. The van der Waals surface area contributed by atoms with Gasteiger partial charge in [-0.1, -0.05) is 11.6 Å². The van der Waals surface area contributed by atoms with Crippen LogP contribution in [0.15, 0.2) is 55.1 Å². The third kappa shape index (κ3) is 3.43. The molecule has 0 unspecified atom stereocenters. The van der Waals surface area contributed by atoms with Crippen molar-refractivity contribution in [3.63, 3.8) is 0 Å². The highest BCUT2D eigenvalue weighted by atomic mass is 35.5. The molecule has 3 heterocycles. The number of hydrogen-bond donors (Lipinski definition) is 0. The second kappa shape index (κ2) is 6.94. The molecular weight excluding hydrogens is 341 g/mol. The molecule has 3 aromatic rings. The van der Waals surface area contributed by atoms with Gasteiger partial charge in [0.15, 0.2) is 0 Å². The maximum absolute atomic E-state index is 13.7. The van der Waals surface area contributed by atoms with Gasteiger partial charge < -0.3 is 9.30 Å². The van der Waals surface area contributed by atoms with Crippen molar-refractivity contribution in [2.45, 2.75) is 12.5 Å². The second-order valence-corrected chi connectivity index (χ2v) is 6.68. The van der Waals surface area contributed by atoms with Crippen molar-refractivity contribution < 1.29 is 9.13 Å². The van der Waals surface area contributed by atoms with Crippen molar-refractivity contribution in [3.05, 3.63) is 71.5 Å². The summed E-state index contributed by atoms with van der Waals surface area (Å²) in [5.74, 6) is 0.657. The second-order valence-electron chi connectivity index (χ2n) is 6.24. The van der Waals surface area contributed by atoms with Gasteiger partial charge in [0.25, 0.3) is 0 Å². The first-order valence-corrected chi connectivity index (χ1v) is 8.54. The number of rotatable bonds is 4. The molecule has 1 saturated heterocycles. The number of pyridine rings is 1. The van der Waals surface area contributed by atoms with E-state index in [1.807, 2.05) is 18.3 Å². The Hall–Kier alpha value is -2.24. The van der Waals surface area contributed by atoms with Crippen molar-refractivity contribution in [1.82, 2.24) is 14.5 Å². The zero-order valence-electron chi connectivity index (χ0n) is 13.5. The van der Waals surface area contributed by atoms with E-state index in [9.17, 15) is 4.39 Å². The average Bonchev–Trinajstić information content (AvgIpc) is 3.23. The fourth-order valence-electron chi connectivity index (χ4n) is 3.40. The number of aromatic nitrogens is 3. The van der Waals surface area contributed by atoms with Gasteiger partial charge in [-0.25, -0.2) is 9.37 Å². The lowest BCUT2D eigenvalue weighted by Gasteiger charge is -2.21. The van der Waals surface area contributed by atoms with Crippen LogP contribution in [-0.4, -0.2) is 27.7 Å². The molecule has 4 nitrogen and oxygen atoms in total. The quantitative estimate of drug-likeness (QED) is 0.703. The lowest BCUT2D eigenvalue weighted by molar-refractivity contribution is 0.181. The molecule has 4 rings (SSSR count). The summed E-state index contributed by atoms with van der Waals surface area (Å²) in [4.78, 5) is 8.49. The molecule has 1 aliphatic rings. The van der Waals surface area contributed by atoms with E-state index in [0.717, 1.165) is 6.42 Å². The molecule has 0 aliphatic carbocycles. The molecule has 1 aliphatic heterocycles. The molecular formula is C19H17ClFN3O. The van der Waals surface area contributed by atoms with Crippen LogP contribution in [0.25, 0.3) is 11.4 Å². The smallest absolute Gasteiger partial charge is 0.140 e. The van der Waals surface area contributed by atoms with E-state index in [4.69, 9.17) is 16.3 Å². The number of imidazole rings is 1. The highest BCUT2D eigenvalue weighted by Crippen LogP contribution is 2.33. The predicted octanol–water partition coefficient (Wildman–Crippen LogP) is 4.17. The Bertz CT molecular complexity index is 848. The predicted molar refractivity (Wildman–Crippen MR) is 93.9 cm³/mol. The van der Waals surface area contributed by atoms with Gasteiger partial charge in [-0.3, -0.25) is 4.98 Å². The highest BCUT2D eigenvalue weighted by molar-refractivity contribution is 6.30. The van der Waals surface area contributed by atoms with Crippen LogP contribution >= 0.6 is 11.6 Å². The molecule has 128 valence electrons. The van der Waals surface area contributed by atoms with Crippen molar-refractivity contribution >= 4 is 11.6 Å². The Morgan fingerprint density at radius 3 is 2.80 bits per heavy atom. The zero-order valence-corrected chi connectivity index (χ0v) is 14.2. The van der Waals surface area contributed by atoms with Gasteiger partial charge in [0.2, 0.25) is 0 Å².